The van der Waals surface area contributed by atoms with Gasteiger partial charge in [-0.3, -0.25) is 19.3 Å². The molecule has 4 rings (SSSR count). The van der Waals surface area contributed by atoms with Gasteiger partial charge in [0.25, 0.3) is 11.1 Å². The van der Waals surface area contributed by atoms with E-state index in [9.17, 15) is 14.4 Å². The number of aryl methyl sites for hydroxylation is 1. The van der Waals surface area contributed by atoms with Crippen molar-refractivity contribution in [1.82, 2.24) is 4.90 Å². The highest BCUT2D eigenvalue weighted by atomic mass is 35.5. The Bertz CT molecular complexity index is 1260. The zero-order chi connectivity index (χ0) is 26.2. The number of fused-ring (bicyclic) bond motifs is 1. The molecule has 0 spiro atoms. The number of amides is 3. The molecule has 6 nitrogen and oxygen atoms in total. The number of anilines is 2. The second-order valence-electron chi connectivity index (χ2n) is 10.1. The molecule has 0 aromatic heterocycles. The smallest absolute Gasteiger partial charge is 0.294 e. The second kappa shape index (κ2) is 10.3. The van der Waals surface area contributed by atoms with Gasteiger partial charge in [-0.1, -0.05) is 43.6 Å². The monoisotopic (exact) mass is 525 g/mol. The average molecular weight is 526 g/mol. The van der Waals surface area contributed by atoms with E-state index in [1.54, 1.807) is 12.1 Å². The molecule has 0 radical (unpaired) electrons. The van der Waals surface area contributed by atoms with Crippen molar-refractivity contribution in [3.63, 3.8) is 0 Å². The van der Waals surface area contributed by atoms with Crippen molar-refractivity contribution in [2.45, 2.75) is 58.9 Å². The van der Waals surface area contributed by atoms with Crippen molar-refractivity contribution in [1.29, 1.82) is 0 Å². The minimum Gasteiger partial charge on any atom is -0.366 e. The Balaban J connectivity index is 1.57. The number of nitrogens with zero attached hydrogens (tertiary/aromatic N) is 2. The van der Waals surface area contributed by atoms with Gasteiger partial charge in [0.1, 0.15) is 6.54 Å². The molecule has 8 heteroatoms. The van der Waals surface area contributed by atoms with E-state index in [1.165, 1.54) is 5.56 Å². The fourth-order valence-electron chi connectivity index (χ4n) is 5.10. The maximum atomic E-state index is 13.0. The first-order valence-corrected chi connectivity index (χ1v) is 13.4. The standard InChI is InChI=1S/C28H32ClN3O3S/c1-6-11-32-23-14-21(29)19(12-20(23)18(3)15-28(32,4)5)13-24-26(34)31(27(35)36-24)16-25(33)30-22-10-8-7-9-17(22)2/h7-10,12-14,18H,6,11,15-16H2,1-5H3,(H,30,33)/b24-13+. The topological polar surface area (TPSA) is 69.7 Å². The molecule has 2 aliphatic rings. The van der Waals surface area contributed by atoms with Crippen LogP contribution in [0.1, 0.15) is 63.1 Å². The summed E-state index contributed by atoms with van der Waals surface area (Å²) in [6.45, 7) is 11.4. The number of para-hydroxylation sites is 1. The van der Waals surface area contributed by atoms with Crippen LogP contribution in [0.2, 0.25) is 5.02 Å². The third-order valence-electron chi connectivity index (χ3n) is 6.83. The van der Waals surface area contributed by atoms with E-state index in [1.807, 2.05) is 37.3 Å². The molecular formula is C28H32ClN3O3S. The van der Waals surface area contributed by atoms with Crippen molar-refractivity contribution >= 4 is 57.9 Å². The zero-order valence-corrected chi connectivity index (χ0v) is 22.9. The minimum atomic E-state index is -0.486. The van der Waals surface area contributed by atoms with Crippen molar-refractivity contribution in [2.24, 2.45) is 0 Å². The second-order valence-corrected chi connectivity index (χ2v) is 11.5. The van der Waals surface area contributed by atoms with Crippen LogP contribution in [-0.4, -0.2) is 40.6 Å². The van der Waals surface area contributed by atoms with Crippen LogP contribution in [0.3, 0.4) is 0 Å². The van der Waals surface area contributed by atoms with Gasteiger partial charge in [-0.15, -0.1) is 0 Å². The molecule has 2 heterocycles. The number of carbonyl (C=O) groups is 3. The number of halogens is 1. The van der Waals surface area contributed by atoms with E-state index in [0.717, 1.165) is 47.3 Å². The molecule has 190 valence electrons. The molecule has 2 aromatic carbocycles. The molecule has 0 aliphatic carbocycles. The van der Waals surface area contributed by atoms with Gasteiger partial charge in [0.05, 0.1) is 4.91 Å². The summed E-state index contributed by atoms with van der Waals surface area (Å²) >= 11 is 7.53. The fourth-order valence-corrected chi connectivity index (χ4v) is 6.14. The van der Waals surface area contributed by atoms with Gasteiger partial charge in [0.15, 0.2) is 0 Å². The van der Waals surface area contributed by atoms with Crippen molar-refractivity contribution < 1.29 is 14.4 Å². The molecule has 1 fully saturated rings. The number of benzene rings is 2. The van der Waals surface area contributed by atoms with Crippen LogP contribution in [0.15, 0.2) is 41.3 Å². The predicted molar refractivity (Wildman–Crippen MR) is 149 cm³/mol. The highest BCUT2D eigenvalue weighted by Crippen LogP contribution is 2.46. The van der Waals surface area contributed by atoms with E-state index in [0.29, 0.717) is 22.2 Å². The lowest BCUT2D eigenvalue weighted by Crippen LogP contribution is -2.48. The van der Waals surface area contributed by atoms with Gasteiger partial charge in [0.2, 0.25) is 5.91 Å². The molecule has 1 saturated heterocycles. The first-order valence-electron chi connectivity index (χ1n) is 12.2. The van der Waals surface area contributed by atoms with Crippen molar-refractivity contribution in [3.8, 4) is 0 Å². The number of hydrogen-bond acceptors (Lipinski definition) is 5. The molecule has 1 unspecified atom stereocenters. The normalized spacial score (nSPS) is 20.2. The van der Waals surface area contributed by atoms with Gasteiger partial charge in [-0.05, 0) is 92.3 Å². The van der Waals surface area contributed by atoms with E-state index in [-0.39, 0.29) is 17.0 Å². The molecule has 0 saturated carbocycles. The maximum absolute atomic E-state index is 13.0. The van der Waals surface area contributed by atoms with E-state index >= 15 is 0 Å². The molecule has 1 N–H and O–H groups in total. The largest absolute Gasteiger partial charge is 0.366 e. The van der Waals surface area contributed by atoms with Gasteiger partial charge in [-0.25, -0.2) is 0 Å². The number of imide groups is 1. The Hall–Kier alpha value is -2.77. The van der Waals surface area contributed by atoms with E-state index < -0.39 is 17.1 Å². The summed E-state index contributed by atoms with van der Waals surface area (Å²) in [4.78, 5) is 41.9. The fraction of sp³-hybridized carbons (Fsp3) is 0.393. The van der Waals surface area contributed by atoms with Crippen LogP contribution < -0.4 is 10.2 Å². The molecular weight excluding hydrogens is 494 g/mol. The van der Waals surface area contributed by atoms with Gasteiger partial charge >= 0.3 is 0 Å². The quantitative estimate of drug-likeness (QED) is 0.419. The SMILES string of the molecule is CCCN1c2cc(Cl)c(/C=C3/SC(=O)N(CC(=O)Nc4ccccc4C)C3=O)cc2C(C)CC1(C)C. The number of rotatable bonds is 6. The first kappa shape index (κ1) is 26.3. The van der Waals surface area contributed by atoms with Crippen LogP contribution in [0.4, 0.5) is 16.2 Å². The van der Waals surface area contributed by atoms with E-state index in [2.05, 4.69) is 37.9 Å². The van der Waals surface area contributed by atoms with Crippen LogP contribution in [0.25, 0.3) is 6.08 Å². The molecule has 0 bridgehead atoms. The number of nitrogens with one attached hydrogen (secondary N) is 1. The summed E-state index contributed by atoms with van der Waals surface area (Å²) in [6.07, 6.45) is 3.71. The van der Waals surface area contributed by atoms with Gasteiger partial charge in [0, 0.05) is 28.5 Å². The molecule has 1 atom stereocenters. The van der Waals surface area contributed by atoms with Crippen LogP contribution >= 0.6 is 23.4 Å². The Labute approximate surface area is 222 Å². The van der Waals surface area contributed by atoms with Crippen LogP contribution in [0, 0.1) is 6.92 Å². The lowest BCUT2D eigenvalue weighted by Gasteiger charge is -2.47. The molecule has 36 heavy (non-hydrogen) atoms. The summed E-state index contributed by atoms with van der Waals surface area (Å²) in [5.41, 5.74) is 4.60. The summed E-state index contributed by atoms with van der Waals surface area (Å²) in [6, 6.07) is 11.4. The summed E-state index contributed by atoms with van der Waals surface area (Å²) in [5.74, 6) is -0.583. The predicted octanol–water partition coefficient (Wildman–Crippen LogP) is 6.83. The lowest BCUT2D eigenvalue weighted by atomic mass is 9.79. The van der Waals surface area contributed by atoms with E-state index in [4.69, 9.17) is 11.6 Å². The average Bonchev–Trinajstić information content (AvgIpc) is 3.06. The number of thioether (sulfide) groups is 1. The minimum absolute atomic E-state index is 0.0226. The summed E-state index contributed by atoms with van der Waals surface area (Å²) in [7, 11) is 0. The third-order valence-corrected chi connectivity index (χ3v) is 8.07. The Morgan fingerprint density at radius 1 is 1.25 bits per heavy atom. The molecule has 2 aromatic rings. The Kier molecular flexibility index (Phi) is 7.53. The van der Waals surface area contributed by atoms with Gasteiger partial charge < -0.3 is 10.2 Å². The first-order chi connectivity index (χ1) is 17.0. The Morgan fingerprint density at radius 3 is 2.67 bits per heavy atom. The molecule has 2 aliphatic heterocycles. The maximum Gasteiger partial charge on any atom is 0.294 e. The van der Waals surface area contributed by atoms with Gasteiger partial charge in [-0.2, -0.15) is 0 Å². The zero-order valence-electron chi connectivity index (χ0n) is 21.4. The third kappa shape index (κ3) is 5.18. The summed E-state index contributed by atoms with van der Waals surface area (Å²) < 4.78 is 0. The van der Waals surface area contributed by atoms with Crippen LogP contribution in [-0.2, 0) is 9.59 Å². The van der Waals surface area contributed by atoms with Crippen molar-refractivity contribution in [2.75, 3.05) is 23.3 Å². The lowest BCUT2D eigenvalue weighted by molar-refractivity contribution is -0.127. The van der Waals surface area contributed by atoms with Crippen LogP contribution in [0.5, 0.6) is 0 Å². The molecule has 3 amide bonds. The van der Waals surface area contributed by atoms with Crippen molar-refractivity contribution in [3.05, 3.63) is 63.0 Å². The number of hydrogen-bond donors (Lipinski definition) is 1. The summed E-state index contributed by atoms with van der Waals surface area (Å²) in [5, 5.41) is 2.84. The number of carbonyl (C=O) groups excluding carboxylic acids is 3. The Morgan fingerprint density at radius 2 is 1.97 bits per heavy atom. The highest BCUT2D eigenvalue weighted by Gasteiger charge is 2.38. The highest BCUT2D eigenvalue weighted by molar-refractivity contribution is 8.18.